The Morgan fingerprint density at radius 2 is 1.90 bits per heavy atom. The third-order valence-corrected chi connectivity index (χ3v) is 4.28. The first-order chi connectivity index (χ1) is 9.65. The fourth-order valence-corrected chi connectivity index (χ4v) is 3.50. The van der Waals surface area contributed by atoms with Gasteiger partial charge in [-0.1, -0.05) is 34.1 Å². The van der Waals surface area contributed by atoms with Gasteiger partial charge >= 0.3 is 0 Å². The van der Waals surface area contributed by atoms with Crippen molar-refractivity contribution < 1.29 is 4.74 Å². The molecule has 0 spiro atoms. The highest BCUT2D eigenvalue weighted by Gasteiger charge is 2.23. The van der Waals surface area contributed by atoms with Crippen LogP contribution in [0, 0.1) is 13.8 Å². The summed E-state index contributed by atoms with van der Waals surface area (Å²) in [6.45, 7) is 5.94. The fraction of sp³-hybridized carbons (Fsp3) is 0.294. The van der Waals surface area contributed by atoms with E-state index in [2.05, 4.69) is 59.4 Å². The van der Waals surface area contributed by atoms with Crippen molar-refractivity contribution in [2.45, 2.75) is 19.8 Å². The van der Waals surface area contributed by atoms with Gasteiger partial charge in [-0.3, -0.25) is 0 Å². The first-order valence-corrected chi connectivity index (χ1v) is 7.67. The Labute approximate surface area is 128 Å². The van der Waals surface area contributed by atoms with E-state index in [-0.39, 0.29) is 0 Å². The summed E-state index contributed by atoms with van der Waals surface area (Å²) in [4.78, 5) is 0. The van der Waals surface area contributed by atoms with Gasteiger partial charge in [0, 0.05) is 28.2 Å². The van der Waals surface area contributed by atoms with E-state index in [0.29, 0.717) is 5.92 Å². The predicted molar refractivity (Wildman–Crippen MR) is 86.8 cm³/mol. The van der Waals surface area contributed by atoms with Crippen molar-refractivity contribution in [2.75, 3.05) is 18.5 Å². The SMILES string of the molecule is Cc1cc(Br)cc(C)c1NCC1COc2ccccc21. The van der Waals surface area contributed by atoms with E-state index in [1.165, 1.54) is 22.4 Å². The minimum absolute atomic E-state index is 0.425. The predicted octanol–water partition coefficient (Wildman–Crippen LogP) is 4.65. The largest absolute Gasteiger partial charge is 0.493 e. The second-order valence-corrected chi connectivity index (χ2v) is 6.26. The van der Waals surface area contributed by atoms with Gasteiger partial charge in [-0.05, 0) is 43.2 Å². The summed E-state index contributed by atoms with van der Waals surface area (Å²) >= 11 is 3.54. The Balaban J connectivity index is 1.76. The second kappa shape index (κ2) is 5.49. The summed E-state index contributed by atoms with van der Waals surface area (Å²) < 4.78 is 6.86. The smallest absolute Gasteiger partial charge is 0.122 e. The van der Waals surface area contributed by atoms with Crippen LogP contribution in [0.2, 0.25) is 0 Å². The summed E-state index contributed by atoms with van der Waals surface area (Å²) in [5, 5.41) is 3.59. The molecule has 0 radical (unpaired) electrons. The minimum atomic E-state index is 0.425. The molecule has 1 atom stereocenters. The molecule has 20 heavy (non-hydrogen) atoms. The minimum Gasteiger partial charge on any atom is -0.493 e. The number of benzene rings is 2. The Morgan fingerprint density at radius 3 is 2.65 bits per heavy atom. The molecular formula is C17H18BrNO. The fourth-order valence-electron chi connectivity index (χ4n) is 2.81. The summed E-state index contributed by atoms with van der Waals surface area (Å²) in [5.41, 5.74) is 5.08. The first kappa shape index (κ1) is 13.5. The van der Waals surface area contributed by atoms with Gasteiger partial charge in [0.15, 0.2) is 0 Å². The molecule has 1 heterocycles. The topological polar surface area (TPSA) is 21.3 Å². The van der Waals surface area contributed by atoms with Crippen molar-refractivity contribution in [1.82, 2.24) is 0 Å². The normalized spacial score (nSPS) is 16.6. The summed E-state index contributed by atoms with van der Waals surface area (Å²) in [6, 6.07) is 12.6. The molecule has 1 aliphatic rings. The molecular weight excluding hydrogens is 314 g/mol. The zero-order valence-electron chi connectivity index (χ0n) is 11.7. The van der Waals surface area contributed by atoms with Crippen molar-refractivity contribution in [1.29, 1.82) is 0 Å². The van der Waals surface area contributed by atoms with Gasteiger partial charge in [-0.2, -0.15) is 0 Å². The maximum Gasteiger partial charge on any atom is 0.122 e. The highest BCUT2D eigenvalue weighted by Crippen LogP contribution is 2.34. The van der Waals surface area contributed by atoms with Crippen molar-refractivity contribution in [2.24, 2.45) is 0 Å². The molecule has 1 aliphatic heterocycles. The van der Waals surface area contributed by atoms with Crippen LogP contribution < -0.4 is 10.1 Å². The number of halogens is 1. The molecule has 0 fully saturated rings. The van der Waals surface area contributed by atoms with Gasteiger partial charge in [-0.25, -0.2) is 0 Å². The number of ether oxygens (including phenoxy) is 1. The zero-order chi connectivity index (χ0) is 14.1. The molecule has 2 aromatic carbocycles. The molecule has 0 bridgehead atoms. The van der Waals surface area contributed by atoms with Crippen LogP contribution in [0.4, 0.5) is 5.69 Å². The molecule has 1 N–H and O–H groups in total. The van der Waals surface area contributed by atoms with E-state index in [4.69, 9.17) is 4.74 Å². The molecule has 0 saturated carbocycles. The van der Waals surface area contributed by atoms with Crippen LogP contribution >= 0.6 is 15.9 Å². The van der Waals surface area contributed by atoms with Crippen LogP contribution in [0.15, 0.2) is 40.9 Å². The van der Waals surface area contributed by atoms with E-state index < -0.39 is 0 Å². The lowest BCUT2D eigenvalue weighted by Gasteiger charge is -2.16. The highest BCUT2D eigenvalue weighted by molar-refractivity contribution is 9.10. The Morgan fingerprint density at radius 1 is 1.20 bits per heavy atom. The van der Waals surface area contributed by atoms with Gasteiger partial charge in [-0.15, -0.1) is 0 Å². The monoisotopic (exact) mass is 331 g/mol. The van der Waals surface area contributed by atoms with E-state index in [1.54, 1.807) is 0 Å². The first-order valence-electron chi connectivity index (χ1n) is 6.87. The van der Waals surface area contributed by atoms with E-state index in [1.807, 2.05) is 12.1 Å². The van der Waals surface area contributed by atoms with Gasteiger partial charge in [0.25, 0.3) is 0 Å². The van der Waals surface area contributed by atoms with Crippen LogP contribution in [0.5, 0.6) is 5.75 Å². The number of anilines is 1. The summed E-state index contributed by atoms with van der Waals surface area (Å²) in [6.07, 6.45) is 0. The van der Waals surface area contributed by atoms with Crippen LogP contribution in [-0.4, -0.2) is 13.2 Å². The van der Waals surface area contributed by atoms with Gasteiger partial charge < -0.3 is 10.1 Å². The van der Waals surface area contributed by atoms with Crippen molar-refractivity contribution >= 4 is 21.6 Å². The Hall–Kier alpha value is -1.48. The number of nitrogens with one attached hydrogen (secondary N) is 1. The average molecular weight is 332 g/mol. The molecule has 3 rings (SSSR count). The number of hydrogen-bond acceptors (Lipinski definition) is 2. The zero-order valence-corrected chi connectivity index (χ0v) is 13.3. The van der Waals surface area contributed by atoms with Crippen molar-refractivity contribution in [3.63, 3.8) is 0 Å². The molecule has 3 heteroatoms. The molecule has 2 nitrogen and oxygen atoms in total. The third kappa shape index (κ3) is 2.55. The number of aryl methyl sites for hydroxylation is 2. The van der Waals surface area contributed by atoms with Crippen LogP contribution in [0.1, 0.15) is 22.6 Å². The number of para-hydroxylation sites is 1. The van der Waals surface area contributed by atoms with Crippen LogP contribution in [-0.2, 0) is 0 Å². The Bertz CT molecular complexity index is 616. The molecule has 2 aromatic rings. The lowest BCUT2D eigenvalue weighted by atomic mass is 10.0. The maximum atomic E-state index is 5.73. The number of fused-ring (bicyclic) bond motifs is 1. The average Bonchev–Trinajstić information content (AvgIpc) is 2.81. The lowest BCUT2D eigenvalue weighted by molar-refractivity contribution is 0.334. The molecule has 104 valence electrons. The van der Waals surface area contributed by atoms with E-state index in [0.717, 1.165) is 23.4 Å². The number of hydrogen-bond donors (Lipinski definition) is 1. The molecule has 0 aromatic heterocycles. The van der Waals surface area contributed by atoms with Gasteiger partial charge in [0.05, 0.1) is 6.61 Å². The van der Waals surface area contributed by atoms with E-state index in [9.17, 15) is 0 Å². The Kier molecular flexibility index (Phi) is 3.70. The van der Waals surface area contributed by atoms with Crippen molar-refractivity contribution in [3.05, 3.63) is 57.6 Å². The maximum absolute atomic E-state index is 5.73. The highest BCUT2D eigenvalue weighted by atomic mass is 79.9. The molecule has 0 aliphatic carbocycles. The summed E-state index contributed by atoms with van der Waals surface area (Å²) in [7, 11) is 0. The van der Waals surface area contributed by atoms with E-state index >= 15 is 0 Å². The van der Waals surface area contributed by atoms with Gasteiger partial charge in [0.1, 0.15) is 5.75 Å². The molecule has 0 saturated heterocycles. The van der Waals surface area contributed by atoms with Crippen LogP contribution in [0.3, 0.4) is 0 Å². The molecule has 1 unspecified atom stereocenters. The third-order valence-electron chi connectivity index (χ3n) is 3.82. The second-order valence-electron chi connectivity index (χ2n) is 5.34. The standard InChI is InChI=1S/C17H18BrNO/c1-11-7-14(18)8-12(2)17(11)19-9-13-10-20-16-6-4-3-5-15(13)16/h3-8,13,19H,9-10H2,1-2H3. The number of rotatable bonds is 3. The molecule has 0 amide bonds. The summed E-state index contributed by atoms with van der Waals surface area (Å²) in [5.74, 6) is 1.46. The van der Waals surface area contributed by atoms with Crippen LogP contribution in [0.25, 0.3) is 0 Å². The van der Waals surface area contributed by atoms with Crippen molar-refractivity contribution in [3.8, 4) is 5.75 Å². The lowest BCUT2D eigenvalue weighted by Crippen LogP contribution is -2.15. The quantitative estimate of drug-likeness (QED) is 0.883. The van der Waals surface area contributed by atoms with Gasteiger partial charge in [0.2, 0.25) is 0 Å².